The minimum atomic E-state index is -1.89. The molecule has 0 fully saturated rings. The molecule has 0 aliphatic heterocycles. The van der Waals surface area contributed by atoms with E-state index in [1.54, 1.807) is 0 Å². The van der Waals surface area contributed by atoms with Crippen LogP contribution in [0.2, 0.25) is 0 Å². The Kier molecular flexibility index (Phi) is 8.38. The minimum Gasteiger partial charge on any atom is -0.304 e. The fourth-order valence-electron chi connectivity index (χ4n) is 7.15. The van der Waals surface area contributed by atoms with Gasteiger partial charge >= 0.3 is 8.60 Å². The SMILES string of the molecule is C[C@H](OP(O[C@@H](C)c1ccccc1)O[C@]1(c2ccccc2)Cc2c(ccc3ccccc23)-c2ccc3ccccc3c21)c1ccccc1. The second-order valence-corrected chi connectivity index (χ2v) is 13.6. The summed E-state index contributed by atoms with van der Waals surface area (Å²) >= 11 is 0. The zero-order valence-electron chi connectivity index (χ0n) is 27.1. The van der Waals surface area contributed by atoms with Crippen molar-refractivity contribution in [2.24, 2.45) is 0 Å². The molecule has 1 aliphatic rings. The van der Waals surface area contributed by atoms with Crippen LogP contribution in [0.3, 0.4) is 0 Å². The molecule has 7 aromatic rings. The summed E-state index contributed by atoms with van der Waals surface area (Å²) in [6.07, 6.45) is 0.119. The molecule has 1 aliphatic carbocycles. The molecular formula is C44H37O3P. The van der Waals surface area contributed by atoms with Crippen LogP contribution >= 0.6 is 8.60 Å². The highest BCUT2D eigenvalue weighted by Gasteiger charge is 2.47. The maximum atomic E-state index is 7.61. The second kappa shape index (κ2) is 13.1. The van der Waals surface area contributed by atoms with Gasteiger partial charge in [0.1, 0.15) is 5.60 Å². The van der Waals surface area contributed by atoms with E-state index >= 15 is 0 Å². The van der Waals surface area contributed by atoms with Crippen LogP contribution < -0.4 is 0 Å². The van der Waals surface area contributed by atoms with Crippen LogP contribution in [-0.4, -0.2) is 0 Å². The summed E-state index contributed by atoms with van der Waals surface area (Å²) < 4.78 is 21.4. The maximum absolute atomic E-state index is 7.61. The molecule has 8 rings (SSSR count). The second-order valence-electron chi connectivity index (χ2n) is 12.5. The predicted molar refractivity (Wildman–Crippen MR) is 198 cm³/mol. The summed E-state index contributed by atoms with van der Waals surface area (Å²) in [6, 6.07) is 57.6. The molecule has 0 aromatic heterocycles. The van der Waals surface area contributed by atoms with E-state index in [0.29, 0.717) is 6.42 Å². The fourth-order valence-corrected chi connectivity index (χ4v) is 8.57. The van der Waals surface area contributed by atoms with Crippen molar-refractivity contribution in [2.75, 3.05) is 0 Å². The van der Waals surface area contributed by atoms with Gasteiger partial charge in [0, 0.05) is 12.0 Å². The molecule has 48 heavy (non-hydrogen) atoms. The molecule has 0 heterocycles. The standard InChI is InChI=1S/C44H37O3P/c1-31(33-16-6-3-7-17-33)45-48(46-32(2)34-18-8-4-9-19-34)47-44(37-22-10-5-11-23-37)30-42-38-24-14-12-20-35(38)26-28-40(42)41-29-27-36-21-13-15-25-39(36)43(41)44/h3-29,31-32H,30H2,1-2H3/t31-,32-,44-/m0/s1. The highest BCUT2D eigenvalue weighted by molar-refractivity contribution is 7.41. The zero-order valence-corrected chi connectivity index (χ0v) is 28.0. The van der Waals surface area contributed by atoms with Gasteiger partial charge in [-0.3, -0.25) is 4.52 Å². The average molecular weight is 645 g/mol. The van der Waals surface area contributed by atoms with Crippen LogP contribution in [-0.2, 0) is 25.6 Å². The van der Waals surface area contributed by atoms with Crippen molar-refractivity contribution in [3.63, 3.8) is 0 Å². The number of hydrogen-bond acceptors (Lipinski definition) is 3. The van der Waals surface area contributed by atoms with Crippen molar-refractivity contribution in [1.82, 2.24) is 0 Å². The lowest BCUT2D eigenvalue weighted by molar-refractivity contribution is 0.0352. The highest BCUT2D eigenvalue weighted by Crippen LogP contribution is 2.60. The lowest BCUT2D eigenvalue weighted by atomic mass is 9.70. The topological polar surface area (TPSA) is 27.7 Å². The zero-order chi connectivity index (χ0) is 32.5. The van der Waals surface area contributed by atoms with E-state index < -0.39 is 14.2 Å². The van der Waals surface area contributed by atoms with Gasteiger partial charge in [-0.1, -0.05) is 164 Å². The van der Waals surface area contributed by atoms with Gasteiger partial charge in [-0.2, -0.15) is 0 Å². The van der Waals surface area contributed by atoms with Gasteiger partial charge in [-0.05, 0) is 68.8 Å². The average Bonchev–Trinajstić information content (AvgIpc) is 3.15. The Morgan fingerprint density at radius 2 is 0.979 bits per heavy atom. The van der Waals surface area contributed by atoms with Gasteiger partial charge in [-0.25, -0.2) is 0 Å². The first-order chi connectivity index (χ1) is 23.6. The molecule has 0 saturated heterocycles. The Labute approximate surface area is 283 Å². The largest absolute Gasteiger partial charge is 0.335 e. The molecule has 0 bridgehead atoms. The van der Waals surface area contributed by atoms with Crippen LogP contribution in [0, 0.1) is 0 Å². The molecule has 3 atom stereocenters. The Hall–Kier alpha value is -4.63. The van der Waals surface area contributed by atoms with E-state index in [2.05, 4.69) is 141 Å². The first-order valence-corrected chi connectivity index (χ1v) is 17.7. The quantitative estimate of drug-likeness (QED) is 0.146. The van der Waals surface area contributed by atoms with E-state index in [1.165, 1.54) is 38.2 Å². The van der Waals surface area contributed by atoms with Crippen molar-refractivity contribution in [2.45, 2.75) is 38.1 Å². The van der Waals surface area contributed by atoms with E-state index in [-0.39, 0.29) is 12.2 Å². The van der Waals surface area contributed by atoms with Crippen molar-refractivity contribution < 1.29 is 13.6 Å². The van der Waals surface area contributed by atoms with Gasteiger partial charge in [0.15, 0.2) is 0 Å². The molecule has 7 aromatic carbocycles. The molecule has 0 amide bonds. The van der Waals surface area contributed by atoms with Crippen molar-refractivity contribution in [3.05, 3.63) is 192 Å². The van der Waals surface area contributed by atoms with Crippen LogP contribution in [0.1, 0.15) is 53.9 Å². The van der Waals surface area contributed by atoms with E-state index in [1.807, 2.05) is 36.4 Å². The fraction of sp³-hybridized carbons (Fsp3) is 0.136. The Balaban J connectivity index is 1.35. The molecule has 236 valence electrons. The van der Waals surface area contributed by atoms with Gasteiger partial charge in [0.2, 0.25) is 0 Å². The van der Waals surface area contributed by atoms with Gasteiger partial charge in [-0.15, -0.1) is 0 Å². The van der Waals surface area contributed by atoms with E-state index in [9.17, 15) is 0 Å². The summed E-state index contributed by atoms with van der Waals surface area (Å²) in [4.78, 5) is 0. The van der Waals surface area contributed by atoms with Gasteiger partial charge < -0.3 is 9.05 Å². The predicted octanol–water partition coefficient (Wildman–Crippen LogP) is 12.3. The molecule has 0 N–H and O–H groups in total. The van der Waals surface area contributed by atoms with Crippen molar-refractivity contribution in [1.29, 1.82) is 0 Å². The first-order valence-electron chi connectivity index (χ1n) is 16.6. The first kappa shape index (κ1) is 30.7. The highest BCUT2D eigenvalue weighted by atomic mass is 31.2. The molecule has 4 heteroatoms. The van der Waals surface area contributed by atoms with E-state index in [0.717, 1.165) is 22.3 Å². The van der Waals surface area contributed by atoms with Crippen LogP contribution in [0.15, 0.2) is 164 Å². The number of fused-ring (bicyclic) bond motifs is 7. The molecular weight excluding hydrogens is 607 g/mol. The van der Waals surface area contributed by atoms with Crippen LogP contribution in [0.5, 0.6) is 0 Å². The summed E-state index contributed by atoms with van der Waals surface area (Å²) in [5, 5.41) is 4.79. The Morgan fingerprint density at radius 3 is 1.58 bits per heavy atom. The minimum absolute atomic E-state index is 0.253. The lowest BCUT2D eigenvalue weighted by Crippen LogP contribution is -2.36. The number of hydrogen-bond donors (Lipinski definition) is 0. The third-order valence-electron chi connectivity index (χ3n) is 9.59. The molecule has 0 saturated carbocycles. The maximum Gasteiger partial charge on any atom is 0.335 e. The van der Waals surface area contributed by atoms with Crippen LogP contribution in [0.25, 0.3) is 32.7 Å². The molecule has 3 nitrogen and oxygen atoms in total. The molecule has 0 radical (unpaired) electrons. The molecule has 0 unspecified atom stereocenters. The van der Waals surface area contributed by atoms with Gasteiger partial charge in [0.05, 0.1) is 12.2 Å². The summed E-state index contributed by atoms with van der Waals surface area (Å²) in [6.45, 7) is 4.15. The summed E-state index contributed by atoms with van der Waals surface area (Å²) in [7, 11) is -1.89. The van der Waals surface area contributed by atoms with Crippen LogP contribution in [0.4, 0.5) is 0 Å². The number of benzene rings is 7. The summed E-state index contributed by atoms with van der Waals surface area (Å²) in [5.41, 5.74) is 7.13. The number of rotatable bonds is 9. The third-order valence-corrected chi connectivity index (χ3v) is 11.0. The van der Waals surface area contributed by atoms with E-state index in [4.69, 9.17) is 13.6 Å². The summed E-state index contributed by atoms with van der Waals surface area (Å²) in [5.74, 6) is 0. The Bertz CT molecular complexity index is 2140. The van der Waals surface area contributed by atoms with Gasteiger partial charge in [0.25, 0.3) is 0 Å². The normalized spacial score (nSPS) is 16.8. The van der Waals surface area contributed by atoms with Crippen molar-refractivity contribution in [3.8, 4) is 11.1 Å². The molecule has 0 spiro atoms. The lowest BCUT2D eigenvalue weighted by Gasteiger charge is -2.43. The third kappa shape index (κ3) is 5.64. The Morgan fingerprint density at radius 1 is 0.500 bits per heavy atom. The monoisotopic (exact) mass is 644 g/mol. The smallest absolute Gasteiger partial charge is 0.304 e. The van der Waals surface area contributed by atoms with Crippen molar-refractivity contribution >= 4 is 30.1 Å².